The van der Waals surface area contributed by atoms with Gasteiger partial charge in [0.15, 0.2) is 0 Å². The summed E-state index contributed by atoms with van der Waals surface area (Å²) in [6.07, 6.45) is 3.13. The highest BCUT2D eigenvalue weighted by Crippen LogP contribution is 2.48. The van der Waals surface area contributed by atoms with Crippen LogP contribution in [0.5, 0.6) is 0 Å². The van der Waals surface area contributed by atoms with Crippen LogP contribution in [0.15, 0.2) is 107 Å². The highest BCUT2D eigenvalue weighted by molar-refractivity contribution is 8.03. The average Bonchev–Trinajstić information content (AvgIpc) is 3.54. The van der Waals surface area contributed by atoms with Crippen molar-refractivity contribution in [2.45, 2.75) is 18.0 Å². The number of aromatic nitrogens is 1. The Hall–Kier alpha value is -4.80. The van der Waals surface area contributed by atoms with Gasteiger partial charge in [0.2, 0.25) is 5.52 Å². The van der Waals surface area contributed by atoms with E-state index in [-0.39, 0.29) is 11.9 Å². The number of thioether (sulfide) groups is 1. The number of fused-ring (bicyclic) bond motifs is 2. The molecule has 10 N–H and O–H groups in total. The molecule has 0 bridgehead atoms. The number of hydrogen-bond acceptors (Lipinski definition) is 3. The molecule has 0 aliphatic carbocycles. The van der Waals surface area contributed by atoms with E-state index in [0.717, 1.165) is 34.1 Å². The molecule has 6 rings (SSSR count). The fourth-order valence-corrected chi connectivity index (χ4v) is 7.44. The number of rotatable bonds is 9. The summed E-state index contributed by atoms with van der Waals surface area (Å²) < 4.78 is 3.42. The number of nitrogens with one attached hydrogen (secondary N) is 2. The molecule has 0 fully saturated rings. The quantitative estimate of drug-likeness (QED) is 0.0650. The normalized spacial score (nSPS) is 13.3. The Bertz CT molecular complexity index is 1840. The number of anilines is 1. The van der Waals surface area contributed by atoms with Crippen molar-refractivity contribution in [1.29, 1.82) is 0 Å². The van der Waals surface area contributed by atoms with Gasteiger partial charge in [0.25, 0.3) is 11.7 Å². The van der Waals surface area contributed by atoms with Crippen LogP contribution in [0.2, 0.25) is 0 Å². The number of thiazole rings is 1. The van der Waals surface area contributed by atoms with E-state index in [1.54, 1.807) is 23.1 Å². The molecule has 0 atom stereocenters. The van der Waals surface area contributed by atoms with E-state index in [4.69, 9.17) is 22.9 Å². The van der Waals surface area contributed by atoms with Crippen LogP contribution in [-0.4, -0.2) is 25.0 Å². The van der Waals surface area contributed by atoms with E-state index in [2.05, 4.69) is 110 Å². The van der Waals surface area contributed by atoms with Gasteiger partial charge in [0.1, 0.15) is 4.70 Å². The van der Waals surface area contributed by atoms with Crippen LogP contribution < -0.4 is 42.4 Å². The van der Waals surface area contributed by atoms with Crippen LogP contribution in [0.25, 0.3) is 38.5 Å². The third-order valence-corrected chi connectivity index (χ3v) is 9.48. The Morgan fingerprint density at radius 3 is 2.07 bits per heavy atom. The van der Waals surface area contributed by atoms with Crippen molar-refractivity contribution < 1.29 is 14.6 Å². The molecule has 4 aromatic carbocycles. The lowest BCUT2D eigenvalue weighted by Gasteiger charge is -2.20. The predicted molar refractivity (Wildman–Crippen MR) is 179 cm³/mol. The van der Waals surface area contributed by atoms with Crippen molar-refractivity contribution in [3.05, 3.63) is 107 Å². The van der Waals surface area contributed by atoms with Gasteiger partial charge in [0, 0.05) is 17.5 Å². The molecule has 2 heterocycles. The monoisotopic (exact) mass is 607 g/mol. The number of hydrogen-bond donors (Lipinski definition) is 6. The lowest BCUT2D eigenvalue weighted by molar-refractivity contribution is -0.819. The maximum absolute atomic E-state index is 5.84. The van der Waals surface area contributed by atoms with Crippen LogP contribution in [0.4, 0.5) is 5.69 Å². The van der Waals surface area contributed by atoms with Crippen molar-refractivity contribution in [2.24, 2.45) is 22.9 Å². The Morgan fingerprint density at radius 1 is 0.744 bits per heavy atom. The summed E-state index contributed by atoms with van der Waals surface area (Å²) in [5.74, 6) is 0.425. The molecule has 0 saturated heterocycles. The Morgan fingerprint density at radius 2 is 1.40 bits per heavy atom. The first kappa shape index (κ1) is 28.3. The Balaban J connectivity index is 1.42. The molecular formula is C33H35N8S2+3. The van der Waals surface area contributed by atoms with Crippen LogP contribution in [0, 0.1) is 0 Å². The summed E-state index contributed by atoms with van der Waals surface area (Å²) in [6, 6.07) is 34.2. The van der Waals surface area contributed by atoms with Crippen LogP contribution in [-0.2, 0) is 6.67 Å². The summed E-state index contributed by atoms with van der Waals surface area (Å²) in [4.78, 5) is 9.79. The van der Waals surface area contributed by atoms with Gasteiger partial charge in [-0.05, 0) is 46.9 Å². The predicted octanol–water partition coefficient (Wildman–Crippen LogP) is 1.49. The summed E-state index contributed by atoms with van der Waals surface area (Å²) in [6.45, 7) is 1.94. The molecule has 0 unspecified atom stereocenters. The fourth-order valence-electron chi connectivity index (χ4n) is 5.18. The zero-order chi connectivity index (χ0) is 29.8. The molecular weight excluding hydrogens is 573 g/mol. The van der Waals surface area contributed by atoms with E-state index in [1.165, 1.54) is 32.0 Å². The molecule has 0 radical (unpaired) electrons. The molecule has 216 valence electrons. The molecule has 43 heavy (non-hydrogen) atoms. The van der Waals surface area contributed by atoms with Crippen molar-refractivity contribution in [3.63, 3.8) is 0 Å². The first-order valence-electron chi connectivity index (χ1n) is 14.1. The van der Waals surface area contributed by atoms with E-state index in [1.807, 2.05) is 12.1 Å². The van der Waals surface area contributed by atoms with Gasteiger partial charge in [-0.2, -0.15) is 0 Å². The molecule has 8 nitrogen and oxygen atoms in total. The van der Waals surface area contributed by atoms with Gasteiger partial charge in [-0.1, -0.05) is 95.9 Å². The van der Waals surface area contributed by atoms with Crippen molar-refractivity contribution in [2.75, 3.05) is 18.0 Å². The number of benzene rings is 4. The lowest BCUT2D eigenvalue weighted by Crippen LogP contribution is -2.82. The zero-order valence-corrected chi connectivity index (χ0v) is 25.3. The minimum absolute atomic E-state index is 0.186. The van der Waals surface area contributed by atoms with Gasteiger partial charge in [-0.15, -0.1) is 4.57 Å². The minimum Gasteiger partial charge on any atom is -0.335 e. The standard InChI is InChI=1S/C33H33N8S2/c34-32(35)38-16-7-17-40-26-18-24(22-8-3-1-4-9-22)12-14-28(26)42-30(40)20-31-41(21-39-33(36)37)27-19-25(13-15-29(27)43-31)23-10-5-2-6-11-23/h1-6,8-15,18-20H,7,16-17,21H2,(H4,34,35,38)(H4,36,37,39)/q+1/p+2. The molecule has 1 aromatic heterocycles. The molecule has 0 amide bonds. The van der Waals surface area contributed by atoms with E-state index in [0.29, 0.717) is 13.2 Å². The molecule has 0 saturated carbocycles. The molecule has 5 aromatic rings. The van der Waals surface area contributed by atoms with Gasteiger partial charge in [-0.3, -0.25) is 27.9 Å². The van der Waals surface area contributed by atoms with Crippen LogP contribution >= 0.6 is 23.1 Å². The Labute approximate surface area is 259 Å². The maximum Gasteiger partial charge on any atom is 0.343 e. The first-order chi connectivity index (χ1) is 21.0. The zero-order valence-electron chi connectivity index (χ0n) is 23.7. The smallest absolute Gasteiger partial charge is 0.335 e. The van der Waals surface area contributed by atoms with Gasteiger partial charge in [-0.25, -0.2) is 4.99 Å². The lowest BCUT2D eigenvalue weighted by atomic mass is 10.0. The second kappa shape index (κ2) is 12.6. The van der Waals surface area contributed by atoms with E-state index >= 15 is 0 Å². The fraction of sp³-hybridized carbons (Fsp3) is 0.121. The number of guanidine groups is 2. The number of nitrogens with zero attached hydrogens (tertiary/aromatic N) is 2. The largest absolute Gasteiger partial charge is 0.343 e. The third-order valence-electron chi connectivity index (χ3n) is 7.25. The number of nitrogens with two attached hydrogens (primary N) is 4. The topological polar surface area (TPSA) is 139 Å². The van der Waals surface area contributed by atoms with Crippen LogP contribution in [0.3, 0.4) is 0 Å². The summed E-state index contributed by atoms with van der Waals surface area (Å²) >= 11 is 3.53. The summed E-state index contributed by atoms with van der Waals surface area (Å²) in [7, 11) is 0. The highest BCUT2D eigenvalue weighted by atomic mass is 32.2. The molecule has 0 spiro atoms. The summed E-state index contributed by atoms with van der Waals surface area (Å²) in [5.41, 5.74) is 30.0. The van der Waals surface area contributed by atoms with Gasteiger partial charge < -0.3 is 4.90 Å². The minimum atomic E-state index is 0.186. The van der Waals surface area contributed by atoms with Crippen molar-refractivity contribution in [3.8, 4) is 22.3 Å². The molecule has 1 aliphatic rings. The van der Waals surface area contributed by atoms with Gasteiger partial charge >= 0.3 is 11.9 Å². The van der Waals surface area contributed by atoms with Gasteiger partial charge in [0.05, 0.1) is 23.3 Å². The second-order valence-electron chi connectivity index (χ2n) is 10.2. The van der Waals surface area contributed by atoms with Crippen molar-refractivity contribution >= 4 is 57.0 Å². The van der Waals surface area contributed by atoms with Crippen LogP contribution in [0.1, 0.15) is 11.4 Å². The third kappa shape index (κ3) is 6.35. The molecule has 1 aliphatic heterocycles. The average molecular weight is 608 g/mol. The first-order valence-corrected chi connectivity index (χ1v) is 15.7. The maximum atomic E-state index is 5.84. The Kier molecular flexibility index (Phi) is 8.30. The second-order valence-corrected chi connectivity index (χ2v) is 12.4. The summed E-state index contributed by atoms with van der Waals surface area (Å²) in [5, 5.41) is 2.24. The van der Waals surface area contributed by atoms with E-state index in [9.17, 15) is 0 Å². The van der Waals surface area contributed by atoms with E-state index < -0.39 is 0 Å². The SMILES string of the molecule is NC(N)=[NH+]CCCN1C(=Cc2sc3ccc(-c4ccccc4)cc3[n+]2C[NH+]=C(N)N)Sc2ccc(-c3ccccc3)cc21. The highest BCUT2D eigenvalue weighted by Gasteiger charge is 2.28. The van der Waals surface area contributed by atoms with Crippen molar-refractivity contribution in [1.82, 2.24) is 0 Å². The molecule has 10 heteroatoms.